The number of carbonyl (C=O) groups excluding carboxylic acids is 12. The van der Waals surface area contributed by atoms with Crippen molar-refractivity contribution in [1.82, 2.24) is 52.8 Å². The topological polar surface area (TPSA) is 518 Å². The van der Waals surface area contributed by atoms with Gasteiger partial charge in [0, 0.05) is 46.9 Å². The quantitative estimate of drug-likeness (QED) is 0.00990. The van der Waals surface area contributed by atoms with E-state index in [1.165, 1.54) is 31.5 Å². The average molecular weight is 1270 g/mol. The molecule has 2 unspecified atom stereocenters. The molecule has 21 N–H and O–H groups in total. The Balaban J connectivity index is 2.31. The number of rotatable bonds is 39. The lowest BCUT2D eigenvalue weighted by Gasteiger charge is -2.29. The summed E-state index contributed by atoms with van der Waals surface area (Å²) in [5.74, 6) is -13.8. The van der Waals surface area contributed by atoms with Gasteiger partial charge in [-0.25, -0.2) is 4.79 Å². The number of benzene rings is 1. The molecule has 0 aliphatic heterocycles. The van der Waals surface area contributed by atoms with Crippen molar-refractivity contribution in [2.45, 2.75) is 166 Å². The summed E-state index contributed by atoms with van der Waals surface area (Å²) in [6.07, 6.45) is -0.462. The lowest BCUT2D eigenvalue weighted by Crippen LogP contribution is -2.61. The number of guanidine groups is 1. The Morgan fingerprint density at radius 1 is 0.685 bits per heavy atom. The van der Waals surface area contributed by atoms with E-state index in [4.69, 9.17) is 33.4 Å². The summed E-state index contributed by atoms with van der Waals surface area (Å²) in [5.41, 5.74) is 29.2. The second-order valence-corrected chi connectivity index (χ2v) is 28.8. The number of aliphatic hydroxyl groups is 2. The highest BCUT2D eigenvalue weighted by Crippen LogP contribution is 2.27. The van der Waals surface area contributed by atoms with Crippen molar-refractivity contribution in [1.29, 1.82) is 0 Å². The summed E-state index contributed by atoms with van der Waals surface area (Å²) >= 11 is 0. The standard InChI is InChI=1S/C57H92N16O15Si/c1-10-31(4)45(72-51(82)38(19-15-21-64-57(61)62)69-52(83)39(22-30(2)3)67-33(6)76)55(86)73-46(32(5)75)54(85)66-27-44(78)68-41(24-43(59)77)53(84)71-42(28-74)56(87)88-47(35-17-12-11-13-18-35)36(48(60)79)26-65-50(81)40(23-34-16-14-20-63-25-34)70-49(80)37(58)29-89(7,8)9/h11-14,16-18,20,25,30-32,36-42,45-47,74-75H,10,15,19,21-24,26-29,58H2,1-9H3,(H2,59,77)(H2,60,79)(H,65,81)(H,66,85)(H,67,76)(H,68,78)(H,69,83)(H,70,80)(H,71,84)(H,72,82)(H,73,86)(H4,61,62,64)/t31-,32-,36?,37+,38?,39-,40-,41-,42-,45-,46-,47+/m0/s1. The molecule has 2 aromatic rings. The smallest absolute Gasteiger partial charge is 0.331 e. The lowest BCUT2D eigenvalue weighted by atomic mass is 9.94. The van der Waals surface area contributed by atoms with Crippen LogP contribution in [0.15, 0.2) is 59.9 Å². The van der Waals surface area contributed by atoms with Crippen molar-refractivity contribution in [2.24, 2.45) is 51.4 Å². The molecule has 32 heteroatoms. The summed E-state index contributed by atoms with van der Waals surface area (Å²) < 4.78 is 5.76. The van der Waals surface area contributed by atoms with Crippen molar-refractivity contribution >= 4 is 85.0 Å². The summed E-state index contributed by atoms with van der Waals surface area (Å²) in [6, 6.07) is -0.0839. The highest BCUT2D eigenvalue weighted by atomic mass is 28.3. The van der Waals surface area contributed by atoms with Crippen molar-refractivity contribution in [3.8, 4) is 0 Å². The number of nitrogens with two attached hydrogens (primary N) is 5. The molecule has 1 aromatic heterocycles. The van der Waals surface area contributed by atoms with Gasteiger partial charge < -0.3 is 91.5 Å². The molecule has 12 atom stereocenters. The number of aliphatic hydroxyl groups excluding tert-OH is 2. The van der Waals surface area contributed by atoms with Crippen LogP contribution in [0.1, 0.15) is 90.9 Å². The van der Waals surface area contributed by atoms with E-state index >= 15 is 0 Å². The Bertz CT molecular complexity index is 2750. The van der Waals surface area contributed by atoms with Crippen LogP contribution in [-0.2, 0) is 68.7 Å². The third-order valence-corrected chi connectivity index (χ3v) is 15.3. The first-order valence-corrected chi connectivity index (χ1v) is 32.8. The third-order valence-electron chi connectivity index (χ3n) is 13.7. The highest BCUT2D eigenvalue weighted by molar-refractivity contribution is 6.76. The second kappa shape index (κ2) is 37.9. The Kier molecular flexibility index (Phi) is 32.6. The molecule has 1 aromatic carbocycles. The number of aromatic nitrogens is 1. The number of esters is 1. The molecule has 494 valence electrons. The first kappa shape index (κ1) is 76.5. The molecular weight excluding hydrogens is 1180 g/mol. The molecule has 2 rings (SSSR count). The van der Waals surface area contributed by atoms with Crippen molar-refractivity contribution < 1.29 is 72.5 Å². The van der Waals surface area contributed by atoms with Crippen LogP contribution in [0.3, 0.4) is 0 Å². The summed E-state index contributed by atoms with van der Waals surface area (Å²) in [7, 11) is -1.83. The van der Waals surface area contributed by atoms with Gasteiger partial charge in [-0.05, 0) is 61.3 Å². The van der Waals surface area contributed by atoms with Gasteiger partial charge in [-0.15, -0.1) is 0 Å². The van der Waals surface area contributed by atoms with E-state index in [1.54, 1.807) is 44.2 Å². The van der Waals surface area contributed by atoms with Crippen LogP contribution < -0.4 is 76.5 Å². The number of primary amides is 2. The zero-order valence-corrected chi connectivity index (χ0v) is 53.0. The van der Waals surface area contributed by atoms with E-state index < -0.39 is 178 Å². The number of pyridine rings is 1. The zero-order chi connectivity index (χ0) is 67.3. The van der Waals surface area contributed by atoms with Crippen molar-refractivity contribution in [2.75, 3.05) is 26.2 Å². The molecule has 0 saturated heterocycles. The highest BCUT2D eigenvalue weighted by Gasteiger charge is 2.38. The van der Waals surface area contributed by atoms with Crippen LogP contribution in [0.4, 0.5) is 0 Å². The van der Waals surface area contributed by atoms with Gasteiger partial charge in [0.25, 0.3) is 0 Å². The maximum Gasteiger partial charge on any atom is 0.331 e. The summed E-state index contributed by atoms with van der Waals surface area (Å²) in [5, 5.41) is 43.2. The minimum Gasteiger partial charge on any atom is -0.455 e. The number of hydrogen-bond donors (Lipinski definition) is 16. The monoisotopic (exact) mass is 1270 g/mol. The molecule has 0 radical (unpaired) electrons. The number of amides is 11. The molecule has 0 bridgehead atoms. The Labute approximate surface area is 518 Å². The largest absolute Gasteiger partial charge is 0.455 e. The molecular formula is C57H92N16O15Si. The molecule has 0 fully saturated rings. The van der Waals surface area contributed by atoms with E-state index in [9.17, 15) is 67.7 Å². The fourth-order valence-electron chi connectivity index (χ4n) is 8.90. The molecule has 0 saturated carbocycles. The maximum atomic E-state index is 14.0. The van der Waals surface area contributed by atoms with E-state index in [-0.39, 0.29) is 49.7 Å². The summed E-state index contributed by atoms with van der Waals surface area (Å²) in [6.45, 7) is 12.8. The third kappa shape index (κ3) is 28.4. The van der Waals surface area contributed by atoms with Gasteiger partial charge in [0.1, 0.15) is 42.4 Å². The zero-order valence-electron chi connectivity index (χ0n) is 52.0. The number of aliphatic imine (C=N–C) groups is 1. The minimum atomic E-state index is -1.96. The van der Waals surface area contributed by atoms with Crippen molar-refractivity contribution in [3.05, 3.63) is 66.0 Å². The minimum absolute atomic E-state index is 0.0244. The second-order valence-electron chi connectivity index (χ2n) is 23.3. The Hall–Kier alpha value is -8.62. The average Bonchev–Trinajstić information content (AvgIpc) is 1.62. The van der Waals surface area contributed by atoms with Crippen LogP contribution in [0, 0.1) is 17.8 Å². The fraction of sp³-hybridized carbons (Fsp3) is 0.579. The lowest BCUT2D eigenvalue weighted by molar-refractivity contribution is -0.159. The number of hydrogen-bond acceptors (Lipinski definition) is 18. The van der Waals surface area contributed by atoms with Crippen LogP contribution in [0.2, 0.25) is 25.7 Å². The molecule has 1 heterocycles. The van der Waals surface area contributed by atoms with E-state index in [0.717, 1.165) is 6.92 Å². The maximum absolute atomic E-state index is 14.0. The predicted molar refractivity (Wildman–Crippen MR) is 329 cm³/mol. The van der Waals surface area contributed by atoms with Crippen molar-refractivity contribution in [3.63, 3.8) is 0 Å². The van der Waals surface area contributed by atoms with E-state index in [2.05, 4.69) is 57.8 Å². The molecule has 0 aliphatic carbocycles. The van der Waals surface area contributed by atoms with Gasteiger partial charge in [0.05, 0.1) is 37.6 Å². The molecule has 89 heavy (non-hydrogen) atoms. The van der Waals surface area contributed by atoms with Crippen LogP contribution in [-0.4, -0.2) is 181 Å². The molecule has 31 nitrogen and oxygen atoms in total. The first-order valence-electron chi connectivity index (χ1n) is 29.1. The number of ether oxygens (including phenoxy) is 1. The van der Waals surface area contributed by atoms with Gasteiger partial charge in [0.2, 0.25) is 65.0 Å². The van der Waals surface area contributed by atoms with Gasteiger partial charge in [0.15, 0.2) is 12.0 Å². The van der Waals surface area contributed by atoms with Crippen LogP contribution >= 0.6 is 0 Å². The molecule has 0 spiro atoms. The normalized spacial score (nSPS) is 15.3. The molecule has 0 aliphatic rings. The van der Waals surface area contributed by atoms with Gasteiger partial charge >= 0.3 is 5.97 Å². The predicted octanol–water partition coefficient (Wildman–Crippen LogP) is -4.28. The fourth-order valence-corrected chi connectivity index (χ4v) is 10.4. The number of nitrogens with zero attached hydrogens (tertiary/aromatic N) is 2. The van der Waals surface area contributed by atoms with Crippen LogP contribution in [0.5, 0.6) is 0 Å². The van der Waals surface area contributed by atoms with Gasteiger partial charge in [-0.1, -0.05) is 90.2 Å². The first-order chi connectivity index (χ1) is 41.7. The number of carbonyl (C=O) groups is 12. The Morgan fingerprint density at radius 3 is 1.83 bits per heavy atom. The molecule has 11 amide bonds. The number of nitrogens with one attached hydrogen (secondary N) is 9. The SMILES string of the molecule is CC[C@H](C)[C@H](NC(=O)C(CCCN=C(N)N)NC(=O)[C@H](CC(C)C)NC(C)=O)C(=O)N[C@H](C(=O)NCC(=O)N[C@@H](CC(N)=O)C(=O)N[C@@H](CO)C(=O)O[C@H](c1ccccc1)C(CNC(=O)[C@H](Cc1cccnc1)NC(=O)[C@H](N)C[Si](C)(C)C)C(N)=O)[C@H](C)O. The van der Waals surface area contributed by atoms with Gasteiger partial charge in [-0.2, -0.15) is 0 Å². The van der Waals surface area contributed by atoms with E-state index in [0.29, 0.717) is 18.0 Å². The van der Waals surface area contributed by atoms with Gasteiger partial charge in [-0.3, -0.25) is 62.7 Å². The Morgan fingerprint density at radius 2 is 1.29 bits per heavy atom. The van der Waals surface area contributed by atoms with E-state index in [1.807, 2.05) is 33.5 Å². The van der Waals surface area contributed by atoms with Crippen LogP contribution in [0.25, 0.3) is 0 Å². The summed E-state index contributed by atoms with van der Waals surface area (Å²) in [4.78, 5) is 169.